The fraction of sp³-hybridized carbons (Fsp3) is 0.273. The Balaban J connectivity index is 3.24. The lowest BCUT2D eigenvalue weighted by Gasteiger charge is -2.10. The monoisotopic (exact) mass is 316 g/mol. The standard InChI is InChI=1S/C11H9Cl2F3OS/c1-2-18(17)10(11(14,15)16)6-7-3-4-8(12)9(13)5-7/h3-6H,2H2,1H3/b10-6+. The zero-order valence-corrected chi connectivity index (χ0v) is 11.6. The highest BCUT2D eigenvalue weighted by atomic mass is 35.5. The molecule has 7 heteroatoms. The maximum absolute atomic E-state index is 12.7. The molecule has 0 saturated carbocycles. The molecule has 100 valence electrons. The van der Waals surface area contributed by atoms with Crippen LogP contribution in [0.1, 0.15) is 12.5 Å². The van der Waals surface area contributed by atoms with Crippen LogP contribution in [0.2, 0.25) is 10.0 Å². The van der Waals surface area contributed by atoms with Gasteiger partial charge in [-0.3, -0.25) is 4.21 Å². The molecule has 18 heavy (non-hydrogen) atoms. The molecule has 0 saturated heterocycles. The van der Waals surface area contributed by atoms with E-state index in [4.69, 9.17) is 23.2 Å². The van der Waals surface area contributed by atoms with Crippen molar-refractivity contribution < 1.29 is 17.4 Å². The number of rotatable bonds is 3. The Labute approximate surface area is 115 Å². The van der Waals surface area contributed by atoms with E-state index < -0.39 is 21.9 Å². The van der Waals surface area contributed by atoms with Crippen LogP contribution in [-0.2, 0) is 10.8 Å². The molecule has 1 unspecified atom stereocenters. The summed E-state index contributed by atoms with van der Waals surface area (Å²) in [6.45, 7) is 1.42. The van der Waals surface area contributed by atoms with Crippen molar-refractivity contribution in [2.75, 3.05) is 5.75 Å². The molecule has 0 bridgehead atoms. The molecular formula is C11H9Cl2F3OS. The largest absolute Gasteiger partial charge is 0.424 e. The molecule has 1 aromatic rings. The molecule has 0 amide bonds. The number of halogens is 5. The van der Waals surface area contributed by atoms with Crippen LogP contribution in [0, 0.1) is 0 Å². The van der Waals surface area contributed by atoms with Gasteiger partial charge in [0, 0.05) is 5.75 Å². The van der Waals surface area contributed by atoms with Gasteiger partial charge < -0.3 is 0 Å². The minimum atomic E-state index is -4.63. The van der Waals surface area contributed by atoms with Gasteiger partial charge in [-0.15, -0.1) is 0 Å². The van der Waals surface area contributed by atoms with E-state index in [-0.39, 0.29) is 21.4 Å². The second kappa shape index (κ2) is 6.08. The van der Waals surface area contributed by atoms with E-state index in [0.29, 0.717) is 0 Å². The van der Waals surface area contributed by atoms with Gasteiger partial charge in [-0.25, -0.2) is 0 Å². The van der Waals surface area contributed by atoms with E-state index in [1.54, 1.807) is 0 Å². The summed E-state index contributed by atoms with van der Waals surface area (Å²) in [4.78, 5) is -1.08. The quantitative estimate of drug-likeness (QED) is 0.792. The SMILES string of the molecule is CCS(=O)/C(=C/c1ccc(Cl)c(Cl)c1)C(F)(F)F. The molecule has 0 heterocycles. The first-order chi connectivity index (χ1) is 8.25. The van der Waals surface area contributed by atoms with Crippen molar-refractivity contribution in [3.8, 4) is 0 Å². The first kappa shape index (κ1) is 15.5. The summed E-state index contributed by atoms with van der Waals surface area (Å²) < 4.78 is 49.5. The van der Waals surface area contributed by atoms with Crippen LogP contribution in [-0.4, -0.2) is 16.1 Å². The molecule has 0 radical (unpaired) electrons. The lowest BCUT2D eigenvalue weighted by atomic mass is 10.2. The van der Waals surface area contributed by atoms with Crippen molar-refractivity contribution in [3.05, 3.63) is 38.7 Å². The van der Waals surface area contributed by atoms with Gasteiger partial charge in [0.2, 0.25) is 0 Å². The summed E-state index contributed by atoms with van der Waals surface area (Å²) >= 11 is 11.4. The Hall–Kier alpha value is -0.520. The fourth-order valence-electron chi connectivity index (χ4n) is 1.19. The maximum atomic E-state index is 12.7. The molecule has 0 spiro atoms. The first-order valence-electron chi connectivity index (χ1n) is 4.88. The van der Waals surface area contributed by atoms with Crippen molar-refractivity contribution in [1.82, 2.24) is 0 Å². The maximum Gasteiger partial charge on any atom is 0.424 e. The first-order valence-corrected chi connectivity index (χ1v) is 6.95. The molecule has 0 N–H and O–H groups in total. The van der Waals surface area contributed by atoms with Crippen LogP contribution in [0.15, 0.2) is 23.1 Å². The van der Waals surface area contributed by atoms with Crippen LogP contribution < -0.4 is 0 Å². The minimum absolute atomic E-state index is 0.104. The summed E-state index contributed by atoms with van der Waals surface area (Å²) in [6.07, 6.45) is -3.81. The zero-order valence-electron chi connectivity index (χ0n) is 9.22. The van der Waals surface area contributed by atoms with Crippen LogP contribution in [0.5, 0.6) is 0 Å². The highest BCUT2D eigenvalue weighted by molar-refractivity contribution is 7.89. The van der Waals surface area contributed by atoms with E-state index in [0.717, 1.165) is 6.08 Å². The Kier molecular flexibility index (Phi) is 5.25. The van der Waals surface area contributed by atoms with Gasteiger partial charge >= 0.3 is 6.18 Å². The van der Waals surface area contributed by atoms with Gasteiger partial charge in [-0.2, -0.15) is 13.2 Å². The predicted octanol–water partition coefficient (Wildman–Crippen LogP) is 4.67. The summed E-state index contributed by atoms with van der Waals surface area (Å²) in [7, 11) is -2.09. The van der Waals surface area contributed by atoms with E-state index in [1.807, 2.05) is 0 Å². The molecule has 1 rings (SSSR count). The Bertz CT molecular complexity index is 498. The molecule has 0 aliphatic heterocycles. The Morgan fingerprint density at radius 3 is 2.39 bits per heavy atom. The van der Waals surface area contributed by atoms with Gasteiger partial charge in [0.15, 0.2) is 0 Å². The fourth-order valence-corrected chi connectivity index (χ4v) is 2.33. The van der Waals surface area contributed by atoms with Crippen LogP contribution in [0.25, 0.3) is 6.08 Å². The van der Waals surface area contributed by atoms with Gasteiger partial charge in [-0.05, 0) is 23.8 Å². The van der Waals surface area contributed by atoms with Crippen molar-refractivity contribution >= 4 is 40.1 Å². The number of allylic oxidation sites excluding steroid dienone is 1. The number of hydrogen-bond acceptors (Lipinski definition) is 1. The van der Waals surface area contributed by atoms with Gasteiger partial charge in [0.1, 0.15) is 4.91 Å². The number of benzene rings is 1. The van der Waals surface area contributed by atoms with Crippen molar-refractivity contribution in [3.63, 3.8) is 0 Å². The normalized spacial score (nSPS) is 14.7. The minimum Gasteiger partial charge on any atom is -0.254 e. The molecule has 0 aliphatic carbocycles. The van der Waals surface area contributed by atoms with Crippen LogP contribution in [0.4, 0.5) is 13.2 Å². The van der Waals surface area contributed by atoms with E-state index in [9.17, 15) is 17.4 Å². The number of hydrogen-bond donors (Lipinski definition) is 0. The smallest absolute Gasteiger partial charge is 0.254 e. The molecule has 1 atom stereocenters. The highest BCUT2D eigenvalue weighted by Gasteiger charge is 2.37. The molecule has 1 nitrogen and oxygen atoms in total. The van der Waals surface area contributed by atoms with Crippen LogP contribution >= 0.6 is 23.2 Å². The lowest BCUT2D eigenvalue weighted by Crippen LogP contribution is -2.17. The third-order valence-electron chi connectivity index (χ3n) is 2.03. The van der Waals surface area contributed by atoms with E-state index in [2.05, 4.69) is 0 Å². The summed E-state index contributed by atoms with van der Waals surface area (Å²) in [5.74, 6) is -0.104. The van der Waals surface area contributed by atoms with Crippen molar-refractivity contribution in [1.29, 1.82) is 0 Å². The van der Waals surface area contributed by atoms with Crippen molar-refractivity contribution in [2.24, 2.45) is 0 Å². The lowest BCUT2D eigenvalue weighted by molar-refractivity contribution is -0.0832. The third-order valence-corrected chi connectivity index (χ3v) is 4.13. The zero-order chi connectivity index (χ0) is 13.9. The number of alkyl halides is 3. The molecule has 0 aromatic heterocycles. The molecule has 0 fully saturated rings. The second-order valence-corrected chi connectivity index (χ2v) is 5.84. The highest BCUT2D eigenvalue weighted by Crippen LogP contribution is 2.31. The van der Waals surface area contributed by atoms with E-state index in [1.165, 1.54) is 25.1 Å². The van der Waals surface area contributed by atoms with E-state index >= 15 is 0 Å². The summed E-state index contributed by atoms with van der Waals surface area (Å²) in [5.41, 5.74) is 0.207. The summed E-state index contributed by atoms with van der Waals surface area (Å²) in [5, 5.41) is 0.396. The Morgan fingerprint density at radius 2 is 1.94 bits per heavy atom. The van der Waals surface area contributed by atoms with Gasteiger partial charge in [0.25, 0.3) is 0 Å². The van der Waals surface area contributed by atoms with Crippen LogP contribution in [0.3, 0.4) is 0 Å². The van der Waals surface area contributed by atoms with Gasteiger partial charge in [0.05, 0.1) is 20.8 Å². The topological polar surface area (TPSA) is 17.1 Å². The predicted molar refractivity (Wildman–Crippen MR) is 69.2 cm³/mol. The van der Waals surface area contributed by atoms with Gasteiger partial charge in [-0.1, -0.05) is 36.2 Å². The molecular weight excluding hydrogens is 308 g/mol. The average molecular weight is 317 g/mol. The van der Waals surface area contributed by atoms with Crippen molar-refractivity contribution in [2.45, 2.75) is 13.1 Å². The third kappa shape index (κ3) is 4.00. The summed E-state index contributed by atoms with van der Waals surface area (Å²) in [6, 6.07) is 4.06. The average Bonchev–Trinajstić information content (AvgIpc) is 2.28. The Morgan fingerprint density at radius 1 is 1.33 bits per heavy atom. The molecule has 0 aliphatic rings. The molecule has 1 aromatic carbocycles. The second-order valence-electron chi connectivity index (χ2n) is 3.31.